The van der Waals surface area contributed by atoms with Crippen LogP contribution in [-0.2, 0) is 11.3 Å². The molecule has 3 nitrogen and oxygen atoms in total. The van der Waals surface area contributed by atoms with Crippen molar-refractivity contribution in [2.75, 3.05) is 0 Å². The van der Waals surface area contributed by atoms with Gasteiger partial charge in [0.05, 0.1) is 0 Å². The summed E-state index contributed by atoms with van der Waals surface area (Å²) in [5, 5.41) is 0. The van der Waals surface area contributed by atoms with Gasteiger partial charge in [-0.3, -0.25) is 0 Å². The summed E-state index contributed by atoms with van der Waals surface area (Å²) < 4.78 is 34.0. The summed E-state index contributed by atoms with van der Waals surface area (Å²) in [6, 6.07) is 13.2. The fraction of sp³-hybridized carbons (Fsp3) is 0.188. The van der Waals surface area contributed by atoms with Crippen molar-refractivity contribution in [3.8, 4) is 5.75 Å². The van der Waals surface area contributed by atoms with Gasteiger partial charge in [-0.05, 0) is 24.6 Å². The normalized spacial score (nSPS) is 10.5. The van der Waals surface area contributed by atoms with E-state index in [1.807, 2.05) is 31.2 Å². The smallest absolute Gasteiger partial charge is 0.387 e. The quantitative estimate of drug-likeness (QED) is 0.783. The van der Waals surface area contributed by atoms with Gasteiger partial charge < -0.3 is 9.47 Å². The van der Waals surface area contributed by atoms with Crippen LogP contribution in [0.3, 0.4) is 0 Å². The van der Waals surface area contributed by atoms with Gasteiger partial charge in [0, 0.05) is 0 Å². The van der Waals surface area contributed by atoms with Crippen LogP contribution in [0.5, 0.6) is 5.75 Å². The fourth-order valence-corrected chi connectivity index (χ4v) is 1.74. The van der Waals surface area contributed by atoms with Crippen molar-refractivity contribution in [1.82, 2.24) is 0 Å². The molecule has 110 valence electrons. The number of alkyl halides is 2. The maximum absolute atomic E-state index is 12.3. The molecule has 0 saturated heterocycles. The van der Waals surface area contributed by atoms with Gasteiger partial charge in [-0.2, -0.15) is 8.78 Å². The minimum atomic E-state index is -2.99. The highest BCUT2D eigenvalue weighted by atomic mass is 19.3. The summed E-state index contributed by atoms with van der Waals surface area (Å²) in [6.45, 7) is -0.966. The molecule has 0 atom stereocenters. The Morgan fingerprint density at radius 3 is 2.43 bits per heavy atom. The van der Waals surface area contributed by atoms with Crippen LogP contribution >= 0.6 is 0 Å². The van der Waals surface area contributed by atoms with Crippen molar-refractivity contribution in [3.05, 3.63) is 65.2 Å². The fourth-order valence-electron chi connectivity index (χ4n) is 1.74. The van der Waals surface area contributed by atoms with Crippen molar-refractivity contribution in [3.63, 3.8) is 0 Å². The van der Waals surface area contributed by atoms with Crippen LogP contribution in [-0.4, -0.2) is 12.6 Å². The van der Waals surface area contributed by atoms with Crippen molar-refractivity contribution in [2.45, 2.75) is 20.1 Å². The van der Waals surface area contributed by atoms with Gasteiger partial charge in [-0.1, -0.05) is 42.0 Å². The van der Waals surface area contributed by atoms with Crippen LogP contribution < -0.4 is 4.74 Å². The van der Waals surface area contributed by atoms with Gasteiger partial charge in [0.25, 0.3) is 0 Å². The van der Waals surface area contributed by atoms with Crippen LogP contribution in [0.15, 0.2) is 48.5 Å². The number of benzene rings is 2. The van der Waals surface area contributed by atoms with Gasteiger partial charge >= 0.3 is 12.6 Å². The average Bonchev–Trinajstić information content (AvgIpc) is 2.46. The first-order chi connectivity index (χ1) is 10.1. The van der Waals surface area contributed by atoms with Crippen molar-refractivity contribution in [2.24, 2.45) is 0 Å². The lowest BCUT2D eigenvalue weighted by molar-refractivity contribution is -0.0504. The summed E-state index contributed by atoms with van der Waals surface area (Å²) in [4.78, 5) is 11.9. The zero-order valence-electron chi connectivity index (χ0n) is 11.4. The Kier molecular flexibility index (Phi) is 4.87. The van der Waals surface area contributed by atoms with E-state index in [-0.39, 0.29) is 17.9 Å². The van der Waals surface area contributed by atoms with E-state index < -0.39 is 12.6 Å². The van der Waals surface area contributed by atoms with E-state index in [9.17, 15) is 13.6 Å². The zero-order valence-corrected chi connectivity index (χ0v) is 11.4. The third-order valence-corrected chi connectivity index (χ3v) is 2.81. The van der Waals surface area contributed by atoms with Gasteiger partial charge in [0.15, 0.2) is 0 Å². The number of aryl methyl sites for hydroxylation is 1. The molecule has 2 aromatic rings. The lowest BCUT2D eigenvalue weighted by Crippen LogP contribution is -2.10. The number of hydrogen-bond donors (Lipinski definition) is 0. The van der Waals surface area contributed by atoms with Crippen molar-refractivity contribution in [1.29, 1.82) is 0 Å². The predicted octanol–water partition coefficient (Wildman–Crippen LogP) is 3.95. The first-order valence-corrected chi connectivity index (χ1v) is 6.33. The van der Waals surface area contributed by atoms with Crippen LogP contribution in [0, 0.1) is 6.92 Å². The monoisotopic (exact) mass is 292 g/mol. The van der Waals surface area contributed by atoms with Gasteiger partial charge in [-0.25, -0.2) is 4.79 Å². The first kappa shape index (κ1) is 15.0. The minimum Gasteiger partial charge on any atom is -0.457 e. The second kappa shape index (κ2) is 6.83. The molecule has 0 saturated carbocycles. The van der Waals surface area contributed by atoms with E-state index in [2.05, 4.69) is 4.74 Å². The third kappa shape index (κ3) is 4.27. The molecule has 0 aromatic heterocycles. The number of carbonyl (C=O) groups excluding carboxylic acids is 1. The summed E-state index contributed by atoms with van der Waals surface area (Å²) >= 11 is 0. The molecule has 0 aliphatic rings. The van der Waals surface area contributed by atoms with Gasteiger partial charge in [0.2, 0.25) is 0 Å². The lowest BCUT2D eigenvalue weighted by atomic mass is 10.1. The highest BCUT2D eigenvalue weighted by molar-refractivity contribution is 5.92. The van der Waals surface area contributed by atoms with Crippen molar-refractivity contribution >= 4 is 5.97 Å². The summed E-state index contributed by atoms with van der Waals surface area (Å²) in [7, 11) is 0. The molecular weight excluding hydrogens is 278 g/mol. The number of hydrogen-bond acceptors (Lipinski definition) is 3. The molecule has 0 heterocycles. The Balaban J connectivity index is 2.05. The molecule has 21 heavy (non-hydrogen) atoms. The first-order valence-electron chi connectivity index (χ1n) is 6.33. The van der Waals surface area contributed by atoms with Crippen LogP contribution in [0.2, 0.25) is 0 Å². The van der Waals surface area contributed by atoms with Gasteiger partial charge in [-0.15, -0.1) is 0 Å². The number of halogens is 2. The SMILES string of the molecule is Cc1ccc(COC(=O)c2ccccc2OC(F)F)cc1. The number of esters is 1. The Bertz CT molecular complexity index is 609. The van der Waals surface area contributed by atoms with Crippen LogP contribution in [0.25, 0.3) is 0 Å². The third-order valence-electron chi connectivity index (χ3n) is 2.81. The number of carbonyl (C=O) groups is 1. The van der Waals surface area contributed by atoms with E-state index in [1.54, 1.807) is 6.07 Å². The highest BCUT2D eigenvalue weighted by Gasteiger charge is 2.16. The van der Waals surface area contributed by atoms with E-state index in [1.165, 1.54) is 18.2 Å². The zero-order chi connectivity index (χ0) is 15.2. The number of para-hydroxylation sites is 1. The maximum atomic E-state index is 12.3. The summed E-state index contributed by atoms with van der Waals surface area (Å²) in [5.74, 6) is -0.895. The Hall–Kier alpha value is -2.43. The Morgan fingerprint density at radius 2 is 1.76 bits per heavy atom. The lowest BCUT2D eigenvalue weighted by Gasteiger charge is -2.10. The molecule has 0 N–H and O–H groups in total. The molecule has 2 rings (SSSR count). The van der Waals surface area contributed by atoms with E-state index in [0.29, 0.717) is 0 Å². The van der Waals surface area contributed by atoms with Crippen molar-refractivity contribution < 1.29 is 23.0 Å². The van der Waals surface area contributed by atoms with E-state index in [0.717, 1.165) is 11.1 Å². The number of ether oxygens (including phenoxy) is 2. The second-order valence-electron chi connectivity index (χ2n) is 4.44. The van der Waals surface area contributed by atoms with Gasteiger partial charge in [0.1, 0.15) is 17.9 Å². The van der Waals surface area contributed by atoms with Crippen LogP contribution in [0.4, 0.5) is 8.78 Å². The molecule has 0 radical (unpaired) electrons. The summed E-state index contributed by atoms with van der Waals surface area (Å²) in [6.07, 6.45) is 0. The number of rotatable bonds is 5. The molecule has 0 spiro atoms. The minimum absolute atomic E-state index is 0.0232. The molecule has 0 bridgehead atoms. The molecule has 2 aromatic carbocycles. The topological polar surface area (TPSA) is 35.5 Å². The van der Waals surface area contributed by atoms with Crippen LogP contribution in [0.1, 0.15) is 21.5 Å². The Labute approximate surface area is 121 Å². The molecule has 0 aliphatic carbocycles. The predicted molar refractivity (Wildman–Crippen MR) is 73.4 cm³/mol. The highest BCUT2D eigenvalue weighted by Crippen LogP contribution is 2.21. The molecule has 0 unspecified atom stereocenters. The molecule has 0 aliphatic heterocycles. The van der Waals surface area contributed by atoms with E-state index in [4.69, 9.17) is 4.74 Å². The average molecular weight is 292 g/mol. The summed E-state index contributed by atoms with van der Waals surface area (Å²) in [5.41, 5.74) is 1.90. The second-order valence-corrected chi connectivity index (χ2v) is 4.44. The molecule has 0 fully saturated rings. The molecule has 0 amide bonds. The molecular formula is C16H14F2O3. The van der Waals surface area contributed by atoms with E-state index >= 15 is 0 Å². The largest absolute Gasteiger partial charge is 0.457 e. The maximum Gasteiger partial charge on any atom is 0.387 e. The Morgan fingerprint density at radius 1 is 1.10 bits per heavy atom. The standard InChI is InChI=1S/C16H14F2O3/c1-11-6-8-12(9-7-11)10-20-15(19)13-4-2-3-5-14(13)21-16(17)18/h2-9,16H,10H2,1H3. The molecule has 5 heteroatoms.